The van der Waals surface area contributed by atoms with Gasteiger partial charge in [0.2, 0.25) is 0 Å². The summed E-state index contributed by atoms with van der Waals surface area (Å²) < 4.78 is 4.88. The van der Waals surface area contributed by atoms with Gasteiger partial charge in [0.05, 0.1) is 17.9 Å². The molecule has 0 heterocycles. The number of nitrogens with zero attached hydrogens (tertiary/aromatic N) is 3. The Morgan fingerprint density at radius 3 is 2.47 bits per heavy atom. The number of benzene rings is 1. The summed E-state index contributed by atoms with van der Waals surface area (Å²) in [4.78, 5) is 11.4. The second-order valence-electron chi connectivity index (χ2n) is 3.43. The van der Waals surface area contributed by atoms with Gasteiger partial charge in [0.15, 0.2) is 0 Å². The van der Waals surface area contributed by atoms with Crippen molar-refractivity contribution in [1.29, 1.82) is 0 Å². The van der Waals surface area contributed by atoms with Crippen molar-refractivity contribution < 1.29 is 9.53 Å². The third-order valence-corrected chi connectivity index (χ3v) is 2.15. The highest BCUT2D eigenvalue weighted by atomic mass is 16.5. The minimum atomic E-state index is -0.318. The SMILES string of the molecule is CCOC(=O)c1ccc(N=NN(C)CC)cc1. The van der Waals surface area contributed by atoms with Gasteiger partial charge in [0.1, 0.15) is 0 Å². The van der Waals surface area contributed by atoms with Crippen molar-refractivity contribution in [2.45, 2.75) is 13.8 Å². The van der Waals surface area contributed by atoms with Crippen LogP contribution in [0.4, 0.5) is 5.69 Å². The van der Waals surface area contributed by atoms with Gasteiger partial charge in [-0.15, -0.1) is 5.11 Å². The van der Waals surface area contributed by atoms with Crippen LogP contribution in [0.1, 0.15) is 24.2 Å². The Bertz CT molecular complexity index is 387. The molecule has 1 rings (SSSR count). The molecular formula is C12H17N3O2. The molecule has 1 aromatic rings. The lowest BCUT2D eigenvalue weighted by Crippen LogP contribution is -2.07. The van der Waals surface area contributed by atoms with E-state index in [0.29, 0.717) is 17.9 Å². The van der Waals surface area contributed by atoms with Gasteiger partial charge in [0, 0.05) is 13.6 Å². The second-order valence-corrected chi connectivity index (χ2v) is 3.43. The van der Waals surface area contributed by atoms with E-state index in [0.717, 1.165) is 6.54 Å². The molecule has 92 valence electrons. The lowest BCUT2D eigenvalue weighted by atomic mass is 10.2. The average molecular weight is 235 g/mol. The zero-order valence-corrected chi connectivity index (χ0v) is 10.4. The van der Waals surface area contributed by atoms with E-state index in [4.69, 9.17) is 4.74 Å². The van der Waals surface area contributed by atoms with Gasteiger partial charge >= 0.3 is 5.97 Å². The predicted molar refractivity (Wildman–Crippen MR) is 65.2 cm³/mol. The molecule has 0 bridgehead atoms. The smallest absolute Gasteiger partial charge is 0.338 e. The molecule has 17 heavy (non-hydrogen) atoms. The normalized spacial score (nSPS) is 10.5. The van der Waals surface area contributed by atoms with Crippen molar-refractivity contribution in [2.75, 3.05) is 20.2 Å². The highest BCUT2D eigenvalue weighted by Gasteiger charge is 2.04. The van der Waals surface area contributed by atoms with Crippen LogP contribution in [-0.4, -0.2) is 31.2 Å². The van der Waals surface area contributed by atoms with Crippen molar-refractivity contribution in [3.05, 3.63) is 29.8 Å². The molecule has 0 amide bonds. The fraction of sp³-hybridized carbons (Fsp3) is 0.417. The maximum absolute atomic E-state index is 11.4. The van der Waals surface area contributed by atoms with E-state index in [2.05, 4.69) is 10.3 Å². The first-order chi connectivity index (χ1) is 8.17. The molecule has 0 aromatic heterocycles. The molecule has 0 aliphatic rings. The molecule has 0 radical (unpaired) electrons. The Labute approximate surface area is 101 Å². The van der Waals surface area contributed by atoms with Crippen LogP contribution in [0, 0.1) is 0 Å². The molecule has 0 atom stereocenters. The number of ether oxygens (including phenoxy) is 1. The van der Waals surface area contributed by atoms with Crippen molar-refractivity contribution in [3.63, 3.8) is 0 Å². The Hall–Kier alpha value is -1.91. The van der Waals surface area contributed by atoms with Gasteiger partial charge in [0.25, 0.3) is 0 Å². The third kappa shape index (κ3) is 4.22. The van der Waals surface area contributed by atoms with Crippen LogP contribution in [0.5, 0.6) is 0 Å². The van der Waals surface area contributed by atoms with Crippen LogP contribution in [-0.2, 0) is 4.74 Å². The summed E-state index contributed by atoms with van der Waals surface area (Å²) in [6.07, 6.45) is 0. The highest BCUT2D eigenvalue weighted by molar-refractivity contribution is 5.89. The Balaban J connectivity index is 2.68. The van der Waals surface area contributed by atoms with Gasteiger partial charge in [-0.2, -0.15) is 0 Å². The molecular weight excluding hydrogens is 218 g/mol. The van der Waals surface area contributed by atoms with E-state index < -0.39 is 0 Å². The molecule has 0 fully saturated rings. The van der Waals surface area contributed by atoms with Crippen LogP contribution >= 0.6 is 0 Å². The molecule has 0 unspecified atom stereocenters. The van der Waals surface area contributed by atoms with Crippen molar-refractivity contribution in [2.24, 2.45) is 10.3 Å². The van der Waals surface area contributed by atoms with E-state index >= 15 is 0 Å². The van der Waals surface area contributed by atoms with Crippen molar-refractivity contribution in [1.82, 2.24) is 5.01 Å². The molecule has 1 aromatic carbocycles. The summed E-state index contributed by atoms with van der Waals surface area (Å²) in [5.74, 6) is -0.318. The fourth-order valence-corrected chi connectivity index (χ4v) is 1.07. The monoisotopic (exact) mass is 235 g/mol. The summed E-state index contributed by atoms with van der Waals surface area (Å²) in [7, 11) is 1.84. The minimum Gasteiger partial charge on any atom is -0.462 e. The second kappa shape index (κ2) is 6.62. The van der Waals surface area contributed by atoms with E-state index in [9.17, 15) is 4.79 Å². The summed E-state index contributed by atoms with van der Waals surface area (Å²) in [5.41, 5.74) is 1.23. The minimum absolute atomic E-state index is 0.318. The van der Waals surface area contributed by atoms with Gasteiger partial charge in [-0.05, 0) is 38.1 Å². The van der Waals surface area contributed by atoms with Gasteiger partial charge in [-0.25, -0.2) is 4.79 Å². The Morgan fingerprint density at radius 1 is 1.29 bits per heavy atom. The number of carbonyl (C=O) groups is 1. The predicted octanol–water partition coefficient (Wildman–Crippen LogP) is 2.81. The molecule has 0 saturated heterocycles. The van der Waals surface area contributed by atoms with Gasteiger partial charge < -0.3 is 4.74 Å². The topological polar surface area (TPSA) is 54.3 Å². The van der Waals surface area contributed by atoms with Gasteiger partial charge in [-0.1, -0.05) is 5.22 Å². The number of carbonyl (C=O) groups excluding carboxylic acids is 1. The van der Waals surface area contributed by atoms with Crippen LogP contribution in [0.3, 0.4) is 0 Å². The molecule has 0 N–H and O–H groups in total. The van der Waals surface area contributed by atoms with E-state index in [1.54, 1.807) is 36.2 Å². The number of rotatable bonds is 5. The van der Waals surface area contributed by atoms with E-state index in [1.807, 2.05) is 14.0 Å². The first-order valence-corrected chi connectivity index (χ1v) is 5.57. The zero-order chi connectivity index (χ0) is 12.7. The summed E-state index contributed by atoms with van der Waals surface area (Å²) >= 11 is 0. The van der Waals surface area contributed by atoms with E-state index in [1.165, 1.54) is 0 Å². The van der Waals surface area contributed by atoms with Crippen LogP contribution < -0.4 is 0 Å². The molecule has 0 saturated carbocycles. The van der Waals surface area contributed by atoms with Crippen LogP contribution in [0.15, 0.2) is 34.6 Å². The maximum atomic E-state index is 11.4. The number of hydrogen-bond acceptors (Lipinski definition) is 4. The summed E-state index contributed by atoms with van der Waals surface area (Å²) in [5, 5.41) is 9.71. The fourth-order valence-electron chi connectivity index (χ4n) is 1.07. The van der Waals surface area contributed by atoms with Crippen molar-refractivity contribution >= 4 is 11.7 Å². The maximum Gasteiger partial charge on any atom is 0.338 e. The molecule has 0 aliphatic carbocycles. The third-order valence-electron chi connectivity index (χ3n) is 2.15. The quantitative estimate of drug-likeness (QED) is 0.448. The largest absolute Gasteiger partial charge is 0.462 e. The van der Waals surface area contributed by atoms with Crippen LogP contribution in [0.2, 0.25) is 0 Å². The number of esters is 1. The summed E-state index contributed by atoms with van der Waals surface area (Å²) in [6.45, 7) is 4.94. The molecule has 0 aliphatic heterocycles. The number of hydrogen-bond donors (Lipinski definition) is 0. The average Bonchev–Trinajstić information content (AvgIpc) is 2.36. The lowest BCUT2D eigenvalue weighted by Gasteiger charge is -2.06. The highest BCUT2D eigenvalue weighted by Crippen LogP contribution is 2.14. The zero-order valence-electron chi connectivity index (χ0n) is 10.4. The lowest BCUT2D eigenvalue weighted by molar-refractivity contribution is 0.0526. The first-order valence-electron chi connectivity index (χ1n) is 5.57. The Kier molecular flexibility index (Phi) is 5.13. The van der Waals surface area contributed by atoms with Gasteiger partial charge in [-0.3, -0.25) is 5.01 Å². The van der Waals surface area contributed by atoms with E-state index in [-0.39, 0.29) is 5.97 Å². The molecule has 5 nitrogen and oxygen atoms in total. The van der Waals surface area contributed by atoms with Crippen LogP contribution in [0.25, 0.3) is 0 Å². The standard InChI is InChI=1S/C12H17N3O2/c1-4-15(3)14-13-11-8-6-10(7-9-11)12(16)17-5-2/h6-9H,4-5H2,1-3H3. The van der Waals surface area contributed by atoms with Crippen molar-refractivity contribution in [3.8, 4) is 0 Å². The summed E-state index contributed by atoms with van der Waals surface area (Å²) in [6, 6.07) is 6.83. The molecule has 5 heteroatoms. The Morgan fingerprint density at radius 2 is 1.94 bits per heavy atom. The first kappa shape index (κ1) is 13.2. The molecule has 0 spiro atoms.